The summed E-state index contributed by atoms with van der Waals surface area (Å²) in [5.74, 6) is -1.38. The number of carboxylic acid groups (broad SMARTS) is 1. The molecule has 5 heteroatoms. The zero-order valence-corrected chi connectivity index (χ0v) is 21.7. The molecule has 1 aromatic carbocycles. The fourth-order valence-corrected chi connectivity index (χ4v) is 5.16. The Morgan fingerprint density at radius 3 is 2.49 bits per heavy atom. The summed E-state index contributed by atoms with van der Waals surface area (Å²) in [5.41, 5.74) is 7.64. The number of ketones is 2. The van der Waals surface area contributed by atoms with Gasteiger partial charge in [0.1, 0.15) is 11.4 Å². The summed E-state index contributed by atoms with van der Waals surface area (Å²) in [5, 5.41) is 18.1. The summed E-state index contributed by atoms with van der Waals surface area (Å²) in [7, 11) is 0. The van der Waals surface area contributed by atoms with Gasteiger partial charge in [0.2, 0.25) is 0 Å². The number of rotatable bonds is 9. The van der Waals surface area contributed by atoms with Gasteiger partial charge in [0.15, 0.2) is 5.78 Å². The molecule has 3 aliphatic carbocycles. The predicted molar refractivity (Wildman–Crippen MR) is 147 cm³/mol. The highest BCUT2D eigenvalue weighted by molar-refractivity contribution is 6.18. The molecule has 0 radical (unpaired) electrons. The number of carbonyl (C=O) groups is 3. The van der Waals surface area contributed by atoms with Crippen molar-refractivity contribution in [2.24, 2.45) is 11.8 Å². The van der Waals surface area contributed by atoms with Crippen LogP contribution in [0, 0.1) is 17.2 Å². The minimum atomic E-state index is -1.18. The van der Waals surface area contributed by atoms with Crippen LogP contribution in [0.3, 0.4) is 0 Å². The highest BCUT2D eigenvalue weighted by Gasteiger charge is 2.32. The van der Waals surface area contributed by atoms with E-state index >= 15 is 0 Å². The van der Waals surface area contributed by atoms with Crippen molar-refractivity contribution in [2.45, 2.75) is 52.9 Å². The first kappa shape index (κ1) is 26.2. The Morgan fingerprint density at radius 1 is 1.16 bits per heavy atom. The van der Waals surface area contributed by atoms with E-state index in [2.05, 4.69) is 6.58 Å². The van der Waals surface area contributed by atoms with Gasteiger partial charge in [-0.3, -0.25) is 9.59 Å². The molecule has 2 N–H and O–H groups in total. The van der Waals surface area contributed by atoms with E-state index in [4.69, 9.17) is 5.41 Å². The van der Waals surface area contributed by atoms with Gasteiger partial charge in [-0.15, -0.1) is 6.58 Å². The maximum Gasteiger partial charge on any atom is 0.339 e. The van der Waals surface area contributed by atoms with Gasteiger partial charge in [-0.2, -0.15) is 0 Å². The smallest absolute Gasteiger partial charge is 0.339 e. The van der Waals surface area contributed by atoms with Crippen molar-refractivity contribution >= 4 is 28.8 Å². The van der Waals surface area contributed by atoms with E-state index in [0.717, 1.165) is 57.4 Å². The zero-order valence-electron chi connectivity index (χ0n) is 21.7. The Bertz CT molecular complexity index is 1380. The number of aliphatic carboxylic acids is 1. The number of Topliss-reactive ketones (excluding diaryl/α,β-unsaturated/α-hetero) is 2. The molecule has 37 heavy (non-hydrogen) atoms. The summed E-state index contributed by atoms with van der Waals surface area (Å²) in [6.45, 7) is 9.17. The van der Waals surface area contributed by atoms with E-state index in [-0.39, 0.29) is 35.4 Å². The van der Waals surface area contributed by atoms with Crippen LogP contribution in [0.1, 0.15) is 63.1 Å². The molecule has 0 spiro atoms. The molecule has 0 saturated heterocycles. The molecule has 0 aromatic heterocycles. The maximum atomic E-state index is 12.8. The Morgan fingerprint density at radius 2 is 1.89 bits per heavy atom. The molecule has 3 aliphatic rings. The fraction of sp³-hybridized carbons (Fsp3) is 0.312. The molecular weight excluding hydrogens is 462 g/mol. The van der Waals surface area contributed by atoms with Gasteiger partial charge in [0, 0.05) is 18.1 Å². The molecule has 1 aromatic rings. The average Bonchev–Trinajstić information content (AvgIpc) is 3.67. The molecule has 0 amide bonds. The van der Waals surface area contributed by atoms with E-state index in [1.54, 1.807) is 26.0 Å². The molecule has 1 atom stereocenters. The third kappa shape index (κ3) is 5.61. The van der Waals surface area contributed by atoms with Crippen molar-refractivity contribution in [3.63, 3.8) is 0 Å². The van der Waals surface area contributed by atoms with Gasteiger partial charge < -0.3 is 10.5 Å². The monoisotopic (exact) mass is 495 g/mol. The third-order valence-electron chi connectivity index (χ3n) is 7.44. The fourth-order valence-electron chi connectivity index (χ4n) is 5.16. The average molecular weight is 496 g/mol. The Balaban J connectivity index is 1.85. The van der Waals surface area contributed by atoms with E-state index in [1.165, 1.54) is 0 Å². The minimum Gasteiger partial charge on any atom is -0.478 e. The summed E-state index contributed by atoms with van der Waals surface area (Å²) < 4.78 is 0. The number of hydrogen-bond acceptors (Lipinski definition) is 4. The lowest BCUT2D eigenvalue weighted by Crippen LogP contribution is -2.15. The van der Waals surface area contributed by atoms with Crippen molar-refractivity contribution in [3.8, 4) is 0 Å². The van der Waals surface area contributed by atoms with E-state index < -0.39 is 5.97 Å². The van der Waals surface area contributed by atoms with Crippen LogP contribution < -0.4 is 0 Å². The number of benzene rings is 1. The van der Waals surface area contributed by atoms with Crippen LogP contribution in [0.25, 0.3) is 5.57 Å². The van der Waals surface area contributed by atoms with Gasteiger partial charge in [0.05, 0.1) is 0 Å². The third-order valence-corrected chi connectivity index (χ3v) is 7.44. The molecule has 0 heterocycles. The van der Waals surface area contributed by atoms with Crippen molar-refractivity contribution in [3.05, 3.63) is 99.7 Å². The van der Waals surface area contributed by atoms with Crippen LogP contribution in [0.4, 0.5) is 0 Å². The number of carbonyl (C=O) groups excluding carboxylic acids is 2. The van der Waals surface area contributed by atoms with Crippen LogP contribution in [-0.4, -0.2) is 28.4 Å². The maximum absolute atomic E-state index is 12.8. The normalized spacial score (nSPS) is 18.4. The molecular formula is C32H33NO4. The largest absolute Gasteiger partial charge is 0.478 e. The first-order valence-electron chi connectivity index (χ1n) is 12.7. The van der Waals surface area contributed by atoms with Crippen molar-refractivity contribution in [2.75, 3.05) is 0 Å². The molecule has 0 aliphatic heterocycles. The first-order valence-corrected chi connectivity index (χ1v) is 12.7. The standard InChI is InChI=1S/C32H33NO4/c1-5-6-23(20(4)34)15-24-10-11-25(16-28(24)19(3)33)26-12-7-21-13-27(18(26)2)29(22-8-9-22)17-30(32(36)37)31(35)14-21/h5,7,10-13,16-17,22-23,33H,1,6,8-9,14-15H2,2-4H3,(H,36,37). The number of carboxylic acids is 1. The van der Waals surface area contributed by atoms with Gasteiger partial charge in [-0.05, 0) is 109 Å². The van der Waals surface area contributed by atoms with E-state index in [0.29, 0.717) is 18.6 Å². The van der Waals surface area contributed by atoms with Crippen molar-refractivity contribution in [1.29, 1.82) is 5.41 Å². The second-order valence-corrected chi connectivity index (χ2v) is 10.2. The van der Waals surface area contributed by atoms with Crippen LogP contribution in [0.15, 0.2) is 83.0 Å². The lowest BCUT2D eigenvalue weighted by Gasteiger charge is -2.18. The van der Waals surface area contributed by atoms with Crippen LogP contribution in [0.5, 0.6) is 0 Å². The molecule has 1 saturated carbocycles. The molecule has 1 fully saturated rings. The lowest BCUT2D eigenvalue weighted by molar-refractivity contribution is -0.134. The predicted octanol–water partition coefficient (Wildman–Crippen LogP) is 6.36. The molecule has 190 valence electrons. The summed E-state index contributed by atoms with van der Waals surface area (Å²) in [6.07, 6.45) is 12.4. The second-order valence-electron chi connectivity index (χ2n) is 10.2. The molecule has 1 unspecified atom stereocenters. The molecule has 4 rings (SSSR count). The van der Waals surface area contributed by atoms with Crippen LogP contribution in [-0.2, 0) is 20.8 Å². The minimum absolute atomic E-state index is 0.0379. The van der Waals surface area contributed by atoms with Gasteiger partial charge in [0.25, 0.3) is 0 Å². The lowest BCUT2D eigenvalue weighted by atomic mass is 9.85. The Hall–Kier alpha value is -3.86. The van der Waals surface area contributed by atoms with Crippen molar-refractivity contribution < 1.29 is 19.5 Å². The zero-order chi connectivity index (χ0) is 26.9. The second kappa shape index (κ2) is 10.6. The topological polar surface area (TPSA) is 95.3 Å². The van der Waals surface area contributed by atoms with E-state index in [1.807, 2.05) is 43.4 Å². The van der Waals surface area contributed by atoms with E-state index in [9.17, 15) is 19.5 Å². The van der Waals surface area contributed by atoms with Gasteiger partial charge in [-0.1, -0.05) is 36.4 Å². The highest BCUT2D eigenvalue weighted by Crippen LogP contribution is 2.44. The first-order chi connectivity index (χ1) is 17.6. The SMILES string of the molecule is C=CCC(Cc1ccc(C2=C(C)C3=C(C4CC4)C=C(C(=O)O)C(=O)CC(=C3)C=C2)cc1C(C)=N)C(C)=O. The summed E-state index contributed by atoms with van der Waals surface area (Å²) in [4.78, 5) is 36.8. The highest BCUT2D eigenvalue weighted by atomic mass is 16.4. The number of allylic oxidation sites excluding steroid dienone is 10. The quantitative estimate of drug-likeness (QED) is 0.237. The van der Waals surface area contributed by atoms with Gasteiger partial charge >= 0.3 is 5.97 Å². The van der Waals surface area contributed by atoms with Crippen molar-refractivity contribution in [1.82, 2.24) is 0 Å². The molecule has 5 nitrogen and oxygen atoms in total. The van der Waals surface area contributed by atoms with Gasteiger partial charge in [-0.25, -0.2) is 4.79 Å². The molecule has 2 bridgehead atoms. The number of nitrogens with one attached hydrogen (secondary N) is 1. The summed E-state index contributed by atoms with van der Waals surface area (Å²) >= 11 is 0. The Labute approximate surface area is 218 Å². The number of fused-ring (bicyclic) bond motifs is 1. The summed E-state index contributed by atoms with van der Waals surface area (Å²) in [6, 6.07) is 6.04. The van der Waals surface area contributed by atoms with Crippen LogP contribution >= 0.6 is 0 Å². The Kier molecular flexibility index (Phi) is 7.53. The van der Waals surface area contributed by atoms with Crippen LogP contribution in [0.2, 0.25) is 0 Å². The number of hydrogen-bond donors (Lipinski definition) is 2.